The third-order valence-corrected chi connectivity index (χ3v) is 4.30. The Kier molecular flexibility index (Phi) is 3.24. The molecule has 1 aromatic rings. The minimum Gasteiger partial charge on any atom is -0.467 e. The van der Waals surface area contributed by atoms with E-state index >= 15 is 0 Å². The van der Waals surface area contributed by atoms with Crippen LogP contribution in [0.2, 0.25) is 10.0 Å². The molecular formula is C11H9Cl2N3O2S. The Morgan fingerprint density at radius 2 is 2.16 bits per heavy atom. The van der Waals surface area contributed by atoms with Gasteiger partial charge in [0.05, 0.1) is 34.2 Å². The van der Waals surface area contributed by atoms with Gasteiger partial charge >= 0.3 is 5.97 Å². The molecular weight excluding hydrogens is 309 g/mol. The van der Waals surface area contributed by atoms with Crippen LogP contribution < -0.4 is 4.90 Å². The van der Waals surface area contributed by atoms with E-state index in [4.69, 9.17) is 27.9 Å². The topological polar surface area (TPSA) is 54.3 Å². The van der Waals surface area contributed by atoms with E-state index in [1.807, 2.05) is 4.90 Å². The highest BCUT2D eigenvalue weighted by atomic mass is 35.5. The summed E-state index contributed by atoms with van der Waals surface area (Å²) in [5.41, 5.74) is 1.95. The number of rotatable bonds is 2. The van der Waals surface area contributed by atoms with Crippen molar-refractivity contribution in [1.29, 1.82) is 0 Å². The molecule has 3 rings (SSSR count). The number of ether oxygens (including phenoxy) is 1. The fourth-order valence-corrected chi connectivity index (χ4v) is 3.39. The number of esters is 1. The molecule has 0 bridgehead atoms. The van der Waals surface area contributed by atoms with Crippen LogP contribution in [0.3, 0.4) is 0 Å². The van der Waals surface area contributed by atoms with E-state index in [0.717, 1.165) is 24.3 Å². The molecule has 8 heteroatoms. The Hall–Kier alpha value is -1.11. The lowest BCUT2D eigenvalue weighted by Crippen LogP contribution is -2.53. The van der Waals surface area contributed by atoms with Crippen molar-refractivity contribution in [2.45, 2.75) is 12.5 Å². The third kappa shape index (κ3) is 1.94. The molecule has 2 aliphatic heterocycles. The lowest BCUT2D eigenvalue weighted by Gasteiger charge is -2.41. The van der Waals surface area contributed by atoms with Gasteiger partial charge in [-0.2, -0.15) is 8.73 Å². The largest absolute Gasteiger partial charge is 0.467 e. The molecule has 0 saturated carbocycles. The zero-order chi connectivity index (χ0) is 13.6. The average Bonchev–Trinajstić information content (AvgIpc) is 2.81. The maximum Gasteiger partial charge on any atom is 0.328 e. The molecule has 1 unspecified atom stereocenters. The van der Waals surface area contributed by atoms with Crippen molar-refractivity contribution in [3.8, 4) is 0 Å². The maximum absolute atomic E-state index is 11.7. The first-order chi connectivity index (χ1) is 9.13. The van der Waals surface area contributed by atoms with Gasteiger partial charge in [-0.25, -0.2) is 4.79 Å². The molecule has 19 heavy (non-hydrogen) atoms. The fourth-order valence-electron chi connectivity index (χ4n) is 2.17. The van der Waals surface area contributed by atoms with Crippen LogP contribution in [-0.4, -0.2) is 25.7 Å². The molecule has 0 aliphatic carbocycles. The number of halogens is 2. The molecule has 2 aliphatic rings. The molecule has 1 fully saturated rings. The number of methoxy groups -OCH3 is 1. The summed E-state index contributed by atoms with van der Waals surface area (Å²) in [5, 5.41) is 0.937. The number of carbonyl (C=O) groups excluding carboxylic acids is 1. The first kappa shape index (κ1) is 12.9. The SMILES string of the molecule is COC(=O)C1CCN1c1c(Cl)cc(Cl)c2c1N=S=N2. The summed E-state index contributed by atoms with van der Waals surface area (Å²) >= 11 is 13.4. The van der Waals surface area contributed by atoms with Gasteiger partial charge in [0.15, 0.2) is 0 Å². The van der Waals surface area contributed by atoms with Gasteiger partial charge in [-0.3, -0.25) is 0 Å². The van der Waals surface area contributed by atoms with Crippen LogP contribution in [0.15, 0.2) is 14.8 Å². The number of anilines is 1. The number of carbonyl (C=O) groups is 1. The van der Waals surface area contributed by atoms with Crippen molar-refractivity contribution in [2.24, 2.45) is 8.73 Å². The normalized spacial score (nSPS) is 19.7. The van der Waals surface area contributed by atoms with E-state index in [1.54, 1.807) is 6.07 Å². The van der Waals surface area contributed by atoms with Crippen molar-refractivity contribution >= 4 is 57.6 Å². The fraction of sp³-hybridized carbons (Fsp3) is 0.364. The highest BCUT2D eigenvalue weighted by molar-refractivity contribution is 7.58. The van der Waals surface area contributed by atoms with Gasteiger partial charge in [0.2, 0.25) is 0 Å². The van der Waals surface area contributed by atoms with Gasteiger partial charge in [0.25, 0.3) is 0 Å². The lowest BCUT2D eigenvalue weighted by molar-refractivity contribution is -0.143. The van der Waals surface area contributed by atoms with Gasteiger partial charge in [-0.15, -0.1) is 0 Å². The molecule has 100 valence electrons. The van der Waals surface area contributed by atoms with Gasteiger partial charge in [0.1, 0.15) is 17.4 Å². The summed E-state index contributed by atoms with van der Waals surface area (Å²) in [6.45, 7) is 0.730. The Morgan fingerprint density at radius 3 is 2.79 bits per heavy atom. The standard InChI is InChI=1S/C11H9Cl2N3O2S/c1-18-11(17)7-2-3-16(7)10-6(13)4-5(12)8-9(10)15-19-14-8/h4,7H,2-3H2,1H3. The van der Waals surface area contributed by atoms with Gasteiger partial charge in [-0.05, 0) is 12.5 Å². The number of fused-ring (bicyclic) bond motifs is 1. The van der Waals surface area contributed by atoms with Crippen LogP contribution in [0.4, 0.5) is 17.1 Å². The predicted molar refractivity (Wildman–Crippen MR) is 75.8 cm³/mol. The van der Waals surface area contributed by atoms with Crippen LogP contribution in [0.5, 0.6) is 0 Å². The van der Waals surface area contributed by atoms with Crippen LogP contribution in [0.1, 0.15) is 6.42 Å². The van der Waals surface area contributed by atoms with Gasteiger partial charge in [0, 0.05) is 6.54 Å². The zero-order valence-corrected chi connectivity index (χ0v) is 12.2. The molecule has 0 aromatic heterocycles. The monoisotopic (exact) mass is 317 g/mol. The number of hydrogen-bond acceptors (Lipinski definition) is 5. The van der Waals surface area contributed by atoms with Crippen LogP contribution in [-0.2, 0) is 20.9 Å². The molecule has 1 atom stereocenters. The quantitative estimate of drug-likeness (QED) is 0.797. The van der Waals surface area contributed by atoms with Crippen molar-refractivity contribution in [1.82, 2.24) is 0 Å². The van der Waals surface area contributed by atoms with E-state index in [0.29, 0.717) is 27.1 Å². The Bertz CT molecular complexity index is 643. The molecule has 0 amide bonds. The van der Waals surface area contributed by atoms with E-state index in [-0.39, 0.29) is 12.0 Å². The molecule has 1 saturated heterocycles. The summed E-state index contributed by atoms with van der Waals surface area (Å²) in [6, 6.07) is 1.32. The second-order valence-corrected chi connectivity index (χ2v) is 5.51. The summed E-state index contributed by atoms with van der Waals surface area (Å²) in [4.78, 5) is 13.5. The second kappa shape index (κ2) is 4.77. The Labute approximate surface area is 123 Å². The third-order valence-electron chi connectivity index (χ3n) is 3.20. The smallest absolute Gasteiger partial charge is 0.328 e. The average molecular weight is 318 g/mol. The highest BCUT2D eigenvalue weighted by Gasteiger charge is 2.38. The molecule has 0 N–H and O–H groups in total. The first-order valence-corrected chi connectivity index (χ1v) is 7.07. The summed E-state index contributed by atoms with van der Waals surface area (Å²) in [5.74, 6) is -0.270. The Morgan fingerprint density at radius 1 is 1.42 bits per heavy atom. The summed E-state index contributed by atoms with van der Waals surface area (Å²) in [7, 11) is 1.38. The van der Waals surface area contributed by atoms with Gasteiger partial charge < -0.3 is 9.64 Å². The van der Waals surface area contributed by atoms with Gasteiger partial charge in [-0.1, -0.05) is 23.2 Å². The molecule has 2 heterocycles. The van der Waals surface area contributed by atoms with E-state index in [9.17, 15) is 4.79 Å². The van der Waals surface area contributed by atoms with Crippen LogP contribution in [0.25, 0.3) is 0 Å². The molecule has 1 aromatic carbocycles. The second-order valence-electron chi connectivity index (χ2n) is 4.17. The van der Waals surface area contributed by atoms with Crippen molar-refractivity contribution in [3.63, 3.8) is 0 Å². The first-order valence-electron chi connectivity index (χ1n) is 5.58. The maximum atomic E-state index is 11.7. The van der Waals surface area contributed by atoms with Crippen LogP contribution >= 0.6 is 23.2 Å². The van der Waals surface area contributed by atoms with E-state index in [1.165, 1.54) is 7.11 Å². The van der Waals surface area contributed by atoms with Crippen LogP contribution in [0, 0.1) is 0 Å². The summed E-state index contributed by atoms with van der Waals surface area (Å²) < 4.78 is 13.2. The highest BCUT2D eigenvalue weighted by Crippen LogP contribution is 2.51. The molecule has 0 spiro atoms. The zero-order valence-electron chi connectivity index (χ0n) is 9.89. The minimum absolute atomic E-state index is 0.270. The molecule has 0 radical (unpaired) electrons. The number of hydrogen-bond donors (Lipinski definition) is 0. The molecule has 5 nitrogen and oxygen atoms in total. The van der Waals surface area contributed by atoms with E-state index in [2.05, 4.69) is 8.73 Å². The van der Waals surface area contributed by atoms with Crippen molar-refractivity contribution in [3.05, 3.63) is 16.1 Å². The Balaban J connectivity index is 2.05. The minimum atomic E-state index is -0.312. The van der Waals surface area contributed by atoms with E-state index < -0.39 is 0 Å². The lowest BCUT2D eigenvalue weighted by atomic mass is 10.0. The number of nitrogens with zero attached hydrogens (tertiary/aromatic N) is 3. The summed E-state index contributed by atoms with van der Waals surface area (Å²) in [6.07, 6.45) is 0.741. The number of benzene rings is 1. The van der Waals surface area contributed by atoms with Crippen molar-refractivity contribution < 1.29 is 9.53 Å². The predicted octanol–water partition coefficient (Wildman–Crippen LogP) is 3.47. The van der Waals surface area contributed by atoms with Crippen molar-refractivity contribution in [2.75, 3.05) is 18.6 Å².